The van der Waals surface area contributed by atoms with Crippen molar-refractivity contribution in [2.24, 2.45) is 0 Å². The Morgan fingerprint density at radius 2 is 1.22 bits per heavy atom. The lowest BCUT2D eigenvalue weighted by atomic mass is 10.2. The number of nitrogens with one attached hydrogen (secondary N) is 3. The van der Waals surface area contributed by atoms with Crippen LogP contribution in [0.2, 0.25) is 10.0 Å². The second-order valence-electron chi connectivity index (χ2n) is 15.2. The fourth-order valence-corrected chi connectivity index (χ4v) is 10.7. The van der Waals surface area contributed by atoms with E-state index < -0.39 is 41.7 Å². The van der Waals surface area contributed by atoms with Gasteiger partial charge in [-0.2, -0.15) is 0 Å². The van der Waals surface area contributed by atoms with Crippen molar-refractivity contribution in [3.63, 3.8) is 0 Å². The number of H-pyrrole nitrogens is 1. The number of aromatic amines is 1. The molecule has 25 heteroatoms. The quantitative estimate of drug-likeness (QED) is 0.153. The van der Waals surface area contributed by atoms with Gasteiger partial charge in [0.1, 0.15) is 5.65 Å². The van der Waals surface area contributed by atoms with Gasteiger partial charge in [0.15, 0.2) is 40.6 Å². The van der Waals surface area contributed by atoms with Crippen molar-refractivity contribution >= 4 is 87.0 Å². The maximum Gasteiger partial charge on any atom is 0.269 e. The Morgan fingerprint density at radius 3 is 1.75 bits per heavy atom. The van der Waals surface area contributed by atoms with E-state index in [0.717, 1.165) is 39.8 Å². The molecule has 336 valence electrons. The summed E-state index contributed by atoms with van der Waals surface area (Å²) in [4.78, 5) is 28.2. The van der Waals surface area contributed by atoms with E-state index in [1.165, 1.54) is 39.3 Å². The maximum atomic E-state index is 14.6. The van der Waals surface area contributed by atoms with E-state index in [4.69, 9.17) is 23.2 Å². The Labute approximate surface area is 376 Å². The van der Waals surface area contributed by atoms with Crippen molar-refractivity contribution < 1.29 is 34.0 Å². The molecular weight excluding hydrogens is 938 g/mol. The van der Waals surface area contributed by atoms with Crippen molar-refractivity contribution in [3.05, 3.63) is 101 Å². The minimum Gasteiger partial charge on any atom is -0.363 e. The van der Waals surface area contributed by atoms with Crippen LogP contribution < -0.4 is 10.6 Å². The SMILES string of the molecule is CS(=O)(=O)N1CC[C@H](Nc2nc(-c3c[nH]c4ncc(Cl)cc34)ncc2F)C1.Cc1ccc(S(=O)(=O)n2cc(-c3ncc(F)c(N[C@H]4CCN(S(C)(=O)=O)C4)n3)c3cc(Cl)cnc32)cc1. The standard InChI is InChI=1S/C23H22ClFN6O4S2.C16H16ClFN6O2S/c1-14-3-5-17(6-4-14)37(34,35)31-13-19(18-9-15(24)10-27-23(18)31)21-26-11-20(25)22(29-21)28-16-7-8-30(12-16)36(2,32)33;1-27(25,26)24-3-2-10(8-24)22-16-13(18)7-21-15(23-16)12-6-20-14-11(12)4-9(17)5-19-14/h3-6,9-11,13,16H,7-8,12H2,1-2H3,(H,26,28,29);4-7,10H,2-3,8H2,1H3,(H,19,20)(H,21,22,23)/t16-;10-/m00/s1. The van der Waals surface area contributed by atoms with Crippen LogP contribution in [0.1, 0.15) is 18.4 Å². The van der Waals surface area contributed by atoms with Gasteiger partial charge in [0.05, 0.1) is 39.8 Å². The monoisotopic (exact) mass is 974 g/mol. The van der Waals surface area contributed by atoms with E-state index in [-0.39, 0.29) is 63.8 Å². The molecule has 1 aromatic carbocycles. The van der Waals surface area contributed by atoms with E-state index in [2.05, 4.69) is 45.5 Å². The summed E-state index contributed by atoms with van der Waals surface area (Å²) in [6, 6.07) is 9.09. The number of pyridine rings is 2. The summed E-state index contributed by atoms with van der Waals surface area (Å²) in [6.07, 6.45) is 11.3. The normalized spacial score (nSPS) is 17.5. The lowest BCUT2D eigenvalue weighted by Crippen LogP contribution is -2.31. The summed E-state index contributed by atoms with van der Waals surface area (Å²) < 4.78 is 106. The molecule has 2 saturated heterocycles. The summed E-state index contributed by atoms with van der Waals surface area (Å²) >= 11 is 12.2. The van der Waals surface area contributed by atoms with Crippen molar-refractivity contribution in [1.82, 2.24) is 47.5 Å². The predicted molar refractivity (Wildman–Crippen MR) is 238 cm³/mol. The molecule has 7 aromatic rings. The molecule has 9 rings (SSSR count). The van der Waals surface area contributed by atoms with Gasteiger partial charge < -0.3 is 15.6 Å². The van der Waals surface area contributed by atoms with Gasteiger partial charge >= 0.3 is 0 Å². The van der Waals surface area contributed by atoms with Gasteiger partial charge in [-0.1, -0.05) is 40.9 Å². The number of halogens is 4. The minimum atomic E-state index is -4.04. The number of nitrogens with zero attached hydrogens (tertiary/aromatic N) is 9. The molecule has 64 heavy (non-hydrogen) atoms. The summed E-state index contributed by atoms with van der Waals surface area (Å²) in [5.41, 5.74) is 2.57. The number of hydrogen-bond donors (Lipinski definition) is 3. The predicted octanol–water partition coefficient (Wildman–Crippen LogP) is 5.54. The average Bonchev–Trinajstić information content (AvgIpc) is 4.06. The number of fused-ring (bicyclic) bond motifs is 2. The second-order valence-corrected chi connectivity index (χ2v) is 21.9. The first kappa shape index (κ1) is 45.1. The lowest BCUT2D eigenvalue weighted by Gasteiger charge is -2.15. The molecule has 2 aliphatic rings. The Hall–Kier alpha value is -5.43. The molecule has 2 fully saturated rings. The third-order valence-electron chi connectivity index (χ3n) is 10.5. The molecule has 0 aliphatic carbocycles. The van der Waals surface area contributed by atoms with Crippen LogP contribution in [-0.4, -0.2) is 123 Å². The van der Waals surface area contributed by atoms with Crippen LogP contribution in [0.15, 0.2) is 78.5 Å². The summed E-state index contributed by atoms with van der Waals surface area (Å²) in [7, 11) is -10.7. The van der Waals surface area contributed by atoms with Crippen LogP contribution in [-0.2, 0) is 30.1 Å². The van der Waals surface area contributed by atoms with Gasteiger partial charge in [0.25, 0.3) is 10.0 Å². The smallest absolute Gasteiger partial charge is 0.269 e. The van der Waals surface area contributed by atoms with Crippen molar-refractivity contribution in [2.75, 3.05) is 49.3 Å². The van der Waals surface area contributed by atoms with Crippen LogP contribution in [0, 0.1) is 18.6 Å². The first-order valence-electron chi connectivity index (χ1n) is 19.3. The summed E-state index contributed by atoms with van der Waals surface area (Å²) in [5.74, 6) is -1.06. The fourth-order valence-electron chi connectivity index (χ4n) is 7.28. The van der Waals surface area contributed by atoms with Gasteiger partial charge in [-0.05, 0) is 44.0 Å². The van der Waals surface area contributed by atoms with E-state index >= 15 is 0 Å². The van der Waals surface area contributed by atoms with Crippen LogP contribution in [0.5, 0.6) is 0 Å². The third-order valence-corrected chi connectivity index (χ3v) is 15.2. The highest BCUT2D eigenvalue weighted by Gasteiger charge is 2.31. The highest BCUT2D eigenvalue weighted by Crippen LogP contribution is 2.34. The number of aryl methyl sites for hydroxylation is 1. The maximum absolute atomic E-state index is 14.6. The van der Waals surface area contributed by atoms with Crippen LogP contribution in [0.3, 0.4) is 0 Å². The van der Waals surface area contributed by atoms with Gasteiger partial charge in [-0.15, -0.1) is 0 Å². The van der Waals surface area contributed by atoms with Gasteiger partial charge in [0, 0.05) is 84.9 Å². The topological polar surface area (TPSA) is 231 Å². The van der Waals surface area contributed by atoms with Gasteiger partial charge in [0.2, 0.25) is 20.0 Å². The lowest BCUT2D eigenvalue weighted by molar-refractivity contribution is 0.479. The number of hydrogen-bond acceptors (Lipinski definition) is 14. The molecular formula is C39H38Cl2F2N12O6S3. The minimum absolute atomic E-state index is 0.0321. The third kappa shape index (κ3) is 9.50. The number of benzene rings is 1. The first-order chi connectivity index (χ1) is 30.2. The highest BCUT2D eigenvalue weighted by molar-refractivity contribution is 7.90. The van der Waals surface area contributed by atoms with Gasteiger partial charge in [-0.3, -0.25) is 0 Å². The zero-order valence-corrected chi connectivity index (χ0v) is 38.0. The number of rotatable bonds is 10. The van der Waals surface area contributed by atoms with E-state index in [9.17, 15) is 34.0 Å². The van der Waals surface area contributed by atoms with Crippen molar-refractivity contribution in [3.8, 4) is 22.8 Å². The zero-order valence-electron chi connectivity index (χ0n) is 34.0. The Morgan fingerprint density at radius 1 is 0.703 bits per heavy atom. The fraction of sp³-hybridized carbons (Fsp3) is 0.282. The first-order valence-corrected chi connectivity index (χ1v) is 25.2. The molecule has 0 bridgehead atoms. The molecule has 0 spiro atoms. The number of anilines is 2. The average molecular weight is 976 g/mol. The molecule has 0 unspecified atom stereocenters. The van der Waals surface area contributed by atoms with Crippen molar-refractivity contribution in [1.29, 1.82) is 0 Å². The van der Waals surface area contributed by atoms with E-state index in [1.807, 2.05) is 6.92 Å². The molecule has 8 heterocycles. The van der Waals surface area contributed by atoms with Crippen LogP contribution in [0.25, 0.3) is 44.8 Å². The largest absolute Gasteiger partial charge is 0.363 e. The Bertz CT molecular complexity index is 3270. The summed E-state index contributed by atoms with van der Waals surface area (Å²) in [5, 5.41) is 7.77. The molecule has 0 radical (unpaired) electrons. The molecule has 0 amide bonds. The zero-order chi connectivity index (χ0) is 45.7. The van der Waals surface area contributed by atoms with E-state index in [1.54, 1.807) is 30.5 Å². The van der Waals surface area contributed by atoms with Gasteiger partial charge in [-0.25, -0.2) is 76.5 Å². The Kier molecular flexibility index (Phi) is 12.4. The molecule has 3 N–H and O–H groups in total. The molecule has 0 saturated carbocycles. The van der Waals surface area contributed by atoms with Crippen LogP contribution in [0.4, 0.5) is 20.4 Å². The second kappa shape index (κ2) is 17.5. The summed E-state index contributed by atoms with van der Waals surface area (Å²) in [6.45, 7) is 2.99. The molecule has 18 nitrogen and oxygen atoms in total. The van der Waals surface area contributed by atoms with E-state index in [0.29, 0.717) is 53.4 Å². The van der Waals surface area contributed by atoms with Crippen LogP contribution >= 0.6 is 23.2 Å². The number of aromatic nitrogens is 8. The van der Waals surface area contributed by atoms with Crippen molar-refractivity contribution in [2.45, 2.75) is 36.7 Å². The molecule has 2 atom stereocenters. The highest BCUT2D eigenvalue weighted by atomic mass is 35.5. The Balaban J connectivity index is 0.000000184. The molecule has 2 aliphatic heterocycles. The molecule has 6 aromatic heterocycles. The number of sulfonamides is 2.